The van der Waals surface area contributed by atoms with Gasteiger partial charge in [0.2, 0.25) is 0 Å². The molecular weight excluding hydrogens is 215 g/mol. The molecule has 0 saturated carbocycles. The number of rotatable bonds is 1. The number of nitriles is 1. The fraction of sp³-hybridized carbons (Fsp3) is 0.222. The molecule has 0 radical (unpaired) electrons. The molecule has 1 aromatic rings. The molecule has 2 nitrogen and oxygen atoms in total. The number of aryl methyl sites for hydroxylation is 2. The summed E-state index contributed by atoms with van der Waals surface area (Å²) in [7, 11) is 0. The van der Waals surface area contributed by atoms with Crippen LogP contribution < -0.4 is 10.2 Å². The number of nitrogen functional groups attached to an aromatic ring is 1. The SMILES string of the molecule is Cc1cc([Se]C#N)cc(C)c1N. The van der Waals surface area contributed by atoms with Gasteiger partial charge in [-0.1, -0.05) is 0 Å². The van der Waals surface area contributed by atoms with Crippen LogP contribution in [0.5, 0.6) is 0 Å². The summed E-state index contributed by atoms with van der Waals surface area (Å²) in [6.45, 7) is 3.94. The molecule has 0 saturated heterocycles. The van der Waals surface area contributed by atoms with Gasteiger partial charge in [0, 0.05) is 0 Å². The number of nitrogens with two attached hydrogens (primary N) is 1. The Morgan fingerprint density at radius 3 is 2.25 bits per heavy atom. The third-order valence-electron chi connectivity index (χ3n) is 1.73. The Bertz CT molecular complexity index is 316. The molecule has 0 spiro atoms. The molecule has 0 unspecified atom stereocenters. The van der Waals surface area contributed by atoms with Crippen molar-refractivity contribution in [1.82, 2.24) is 0 Å². The number of benzene rings is 1. The Morgan fingerprint density at radius 2 is 1.83 bits per heavy atom. The molecule has 2 N–H and O–H groups in total. The zero-order valence-electron chi connectivity index (χ0n) is 7.09. The van der Waals surface area contributed by atoms with Crippen molar-refractivity contribution in [3.63, 3.8) is 0 Å². The summed E-state index contributed by atoms with van der Waals surface area (Å²) in [4.78, 5) is 2.18. The Kier molecular flexibility index (Phi) is 2.75. The number of nitrogens with zero attached hydrogens (tertiary/aromatic N) is 1. The molecular formula is C9H10N2Se. The summed E-state index contributed by atoms with van der Waals surface area (Å²) in [5.74, 6) is 0. The van der Waals surface area contributed by atoms with Gasteiger partial charge in [0.15, 0.2) is 0 Å². The first-order valence-electron chi connectivity index (χ1n) is 3.58. The van der Waals surface area contributed by atoms with E-state index >= 15 is 0 Å². The van der Waals surface area contributed by atoms with Crippen LogP contribution >= 0.6 is 0 Å². The minimum absolute atomic E-state index is 0.0662. The molecule has 0 aliphatic rings. The summed E-state index contributed by atoms with van der Waals surface area (Å²) in [6, 6.07) is 3.98. The van der Waals surface area contributed by atoms with Gasteiger partial charge >= 0.3 is 78.2 Å². The molecule has 0 bridgehead atoms. The summed E-state index contributed by atoms with van der Waals surface area (Å²) in [6.07, 6.45) is 0. The third kappa shape index (κ3) is 1.79. The number of hydrogen-bond acceptors (Lipinski definition) is 2. The van der Waals surface area contributed by atoms with Crippen LogP contribution in [0.1, 0.15) is 11.1 Å². The molecule has 0 amide bonds. The van der Waals surface area contributed by atoms with Crippen molar-refractivity contribution in [2.24, 2.45) is 0 Å². The van der Waals surface area contributed by atoms with E-state index in [2.05, 4.69) is 4.97 Å². The van der Waals surface area contributed by atoms with Gasteiger partial charge in [-0.05, 0) is 0 Å². The van der Waals surface area contributed by atoms with E-state index in [-0.39, 0.29) is 15.0 Å². The molecule has 0 heterocycles. The van der Waals surface area contributed by atoms with Crippen molar-refractivity contribution in [2.75, 3.05) is 5.73 Å². The fourth-order valence-electron chi connectivity index (χ4n) is 1.05. The van der Waals surface area contributed by atoms with E-state index in [1.807, 2.05) is 26.0 Å². The molecule has 62 valence electrons. The van der Waals surface area contributed by atoms with Gasteiger partial charge in [-0.3, -0.25) is 0 Å². The zero-order chi connectivity index (χ0) is 9.14. The fourth-order valence-corrected chi connectivity index (χ4v) is 2.26. The number of anilines is 1. The first-order valence-corrected chi connectivity index (χ1v) is 5.29. The van der Waals surface area contributed by atoms with E-state index in [0.717, 1.165) is 21.3 Å². The van der Waals surface area contributed by atoms with Crippen molar-refractivity contribution >= 4 is 25.1 Å². The maximum atomic E-state index is 8.52. The maximum absolute atomic E-state index is 8.52. The molecule has 0 atom stereocenters. The monoisotopic (exact) mass is 226 g/mol. The van der Waals surface area contributed by atoms with Gasteiger partial charge in [-0.2, -0.15) is 0 Å². The van der Waals surface area contributed by atoms with Gasteiger partial charge in [-0.25, -0.2) is 0 Å². The molecule has 3 heteroatoms. The van der Waals surface area contributed by atoms with E-state index in [4.69, 9.17) is 11.0 Å². The first kappa shape index (κ1) is 9.12. The Balaban J connectivity index is 3.14. The van der Waals surface area contributed by atoms with E-state index < -0.39 is 0 Å². The van der Waals surface area contributed by atoms with E-state index in [9.17, 15) is 0 Å². The van der Waals surface area contributed by atoms with Crippen molar-refractivity contribution in [3.05, 3.63) is 23.3 Å². The van der Waals surface area contributed by atoms with Crippen molar-refractivity contribution in [3.8, 4) is 4.97 Å². The van der Waals surface area contributed by atoms with Gasteiger partial charge in [0.25, 0.3) is 0 Å². The van der Waals surface area contributed by atoms with Crippen molar-refractivity contribution < 1.29 is 0 Å². The Labute approximate surface area is 78.5 Å². The Hall–Kier alpha value is -0.971. The van der Waals surface area contributed by atoms with Crippen LogP contribution in [0.4, 0.5) is 5.69 Å². The van der Waals surface area contributed by atoms with Gasteiger partial charge in [-0.15, -0.1) is 0 Å². The minimum atomic E-state index is -0.0662. The summed E-state index contributed by atoms with van der Waals surface area (Å²) < 4.78 is 1.11. The van der Waals surface area contributed by atoms with Crippen LogP contribution in [-0.2, 0) is 0 Å². The number of hydrogen-bond donors (Lipinski definition) is 1. The van der Waals surface area contributed by atoms with Crippen LogP contribution in [0.15, 0.2) is 12.1 Å². The molecule has 1 rings (SSSR count). The molecule has 1 aromatic carbocycles. The van der Waals surface area contributed by atoms with Gasteiger partial charge in [0.1, 0.15) is 0 Å². The second kappa shape index (κ2) is 3.62. The van der Waals surface area contributed by atoms with Crippen molar-refractivity contribution in [1.29, 1.82) is 5.26 Å². The molecule has 12 heavy (non-hydrogen) atoms. The quantitative estimate of drug-likeness (QED) is 0.565. The predicted molar refractivity (Wildman–Crippen MR) is 51.3 cm³/mol. The van der Waals surface area contributed by atoms with Crippen LogP contribution in [0.2, 0.25) is 0 Å². The zero-order valence-corrected chi connectivity index (χ0v) is 8.80. The normalized spacial score (nSPS) is 9.42. The Morgan fingerprint density at radius 1 is 1.33 bits per heavy atom. The standard InChI is InChI=1S/C9H10N2Se/c1-6-3-8(12-5-10)4-7(2)9(6)11/h3-4H,11H2,1-2H3. The van der Waals surface area contributed by atoms with Crippen LogP contribution in [-0.4, -0.2) is 15.0 Å². The van der Waals surface area contributed by atoms with E-state index in [1.165, 1.54) is 0 Å². The summed E-state index contributed by atoms with van der Waals surface area (Å²) in [5, 5.41) is 8.52. The molecule has 0 aromatic heterocycles. The predicted octanol–water partition coefficient (Wildman–Crippen LogP) is 0.696. The summed E-state index contributed by atoms with van der Waals surface area (Å²) >= 11 is -0.0662. The molecule has 0 aliphatic carbocycles. The first-order chi connectivity index (χ1) is 5.65. The second-order valence-corrected chi connectivity index (χ2v) is 4.46. The van der Waals surface area contributed by atoms with Crippen LogP contribution in [0.3, 0.4) is 0 Å². The molecule has 0 fully saturated rings. The average Bonchev–Trinajstić information content (AvgIpc) is 2.01. The average molecular weight is 225 g/mol. The van der Waals surface area contributed by atoms with Crippen LogP contribution in [0, 0.1) is 24.1 Å². The third-order valence-corrected chi connectivity index (χ3v) is 2.91. The topological polar surface area (TPSA) is 49.8 Å². The summed E-state index contributed by atoms with van der Waals surface area (Å²) in [5.41, 5.74) is 8.75. The molecule has 0 aliphatic heterocycles. The van der Waals surface area contributed by atoms with Gasteiger partial charge in [0.05, 0.1) is 0 Å². The van der Waals surface area contributed by atoms with E-state index in [1.54, 1.807) is 0 Å². The van der Waals surface area contributed by atoms with E-state index in [0.29, 0.717) is 0 Å². The van der Waals surface area contributed by atoms with Crippen LogP contribution in [0.25, 0.3) is 0 Å². The van der Waals surface area contributed by atoms with Gasteiger partial charge < -0.3 is 0 Å². The van der Waals surface area contributed by atoms with Crippen molar-refractivity contribution in [2.45, 2.75) is 13.8 Å². The second-order valence-electron chi connectivity index (χ2n) is 2.66.